The number of para-hydroxylation sites is 1. The molecule has 0 saturated heterocycles. The molecular weight excluding hydrogens is 396 g/mol. The zero-order valence-electron chi connectivity index (χ0n) is 16.5. The molecule has 4 aromatic rings. The van der Waals surface area contributed by atoms with Gasteiger partial charge in [-0.15, -0.1) is 0 Å². The minimum absolute atomic E-state index is 0.0663. The standard InChI is InChI=1S/C24H22N2O3S/c1-17-11-13-20(14-12-17)30(28,29)26-24(27)21(15-18-7-3-2-4-8-18)23-16-19-9-5-6-10-22(19)25-23/h2-14,16,21,25H,15H2,1H3,(H,26,27). The lowest BCUT2D eigenvalue weighted by molar-refractivity contribution is -0.120. The second kappa shape index (κ2) is 8.16. The molecule has 1 heterocycles. The molecule has 0 bridgehead atoms. The predicted octanol–water partition coefficient (Wildman–Crippen LogP) is 4.31. The highest BCUT2D eigenvalue weighted by Crippen LogP contribution is 2.26. The van der Waals surface area contributed by atoms with E-state index in [4.69, 9.17) is 0 Å². The molecule has 1 aromatic heterocycles. The van der Waals surface area contributed by atoms with Crippen molar-refractivity contribution < 1.29 is 13.2 Å². The maximum Gasteiger partial charge on any atom is 0.264 e. The van der Waals surface area contributed by atoms with Gasteiger partial charge in [0.15, 0.2) is 0 Å². The van der Waals surface area contributed by atoms with Gasteiger partial charge in [0.1, 0.15) is 0 Å². The van der Waals surface area contributed by atoms with Crippen molar-refractivity contribution in [2.75, 3.05) is 0 Å². The quantitative estimate of drug-likeness (QED) is 0.490. The Hall–Kier alpha value is -3.38. The number of amides is 1. The van der Waals surface area contributed by atoms with E-state index in [-0.39, 0.29) is 4.90 Å². The molecule has 2 N–H and O–H groups in total. The number of aryl methyl sites for hydroxylation is 1. The molecular formula is C24H22N2O3S. The van der Waals surface area contributed by atoms with Crippen molar-refractivity contribution in [1.29, 1.82) is 0 Å². The van der Waals surface area contributed by atoms with E-state index in [0.717, 1.165) is 22.0 Å². The maximum absolute atomic E-state index is 13.2. The van der Waals surface area contributed by atoms with Crippen molar-refractivity contribution in [3.05, 3.63) is 102 Å². The van der Waals surface area contributed by atoms with Gasteiger partial charge < -0.3 is 4.98 Å². The van der Waals surface area contributed by atoms with Gasteiger partial charge in [0, 0.05) is 11.2 Å². The van der Waals surface area contributed by atoms with Crippen LogP contribution in [0.2, 0.25) is 0 Å². The Labute approximate surface area is 175 Å². The summed E-state index contributed by atoms with van der Waals surface area (Å²) in [4.78, 5) is 16.5. The average Bonchev–Trinajstić information content (AvgIpc) is 3.16. The van der Waals surface area contributed by atoms with Crippen molar-refractivity contribution >= 4 is 26.8 Å². The molecule has 30 heavy (non-hydrogen) atoms. The van der Waals surface area contributed by atoms with Crippen LogP contribution in [0.25, 0.3) is 10.9 Å². The van der Waals surface area contributed by atoms with Crippen LogP contribution in [0.1, 0.15) is 22.7 Å². The van der Waals surface area contributed by atoms with Gasteiger partial charge in [0.05, 0.1) is 10.8 Å². The molecule has 1 unspecified atom stereocenters. The molecule has 0 fully saturated rings. The number of H-pyrrole nitrogens is 1. The first-order valence-electron chi connectivity index (χ1n) is 9.67. The lowest BCUT2D eigenvalue weighted by Gasteiger charge is -2.16. The molecule has 4 rings (SSSR count). The monoisotopic (exact) mass is 418 g/mol. The normalized spacial score (nSPS) is 12.6. The fourth-order valence-corrected chi connectivity index (χ4v) is 4.48. The first-order chi connectivity index (χ1) is 14.4. The highest BCUT2D eigenvalue weighted by molar-refractivity contribution is 7.90. The SMILES string of the molecule is Cc1ccc(S(=O)(=O)NC(=O)C(Cc2ccccc2)c2cc3ccccc3[nH]2)cc1. The smallest absolute Gasteiger partial charge is 0.264 e. The second-order valence-corrected chi connectivity index (χ2v) is 9.02. The molecule has 1 atom stereocenters. The second-order valence-electron chi connectivity index (χ2n) is 7.34. The fraction of sp³-hybridized carbons (Fsp3) is 0.125. The number of carbonyl (C=O) groups is 1. The Morgan fingerprint density at radius 2 is 1.60 bits per heavy atom. The van der Waals surface area contributed by atoms with Gasteiger partial charge in [-0.25, -0.2) is 13.1 Å². The zero-order valence-corrected chi connectivity index (χ0v) is 17.3. The van der Waals surface area contributed by atoms with Gasteiger partial charge >= 0.3 is 0 Å². The Bertz CT molecular complexity index is 1240. The predicted molar refractivity (Wildman–Crippen MR) is 118 cm³/mol. The van der Waals surface area contributed by atoms with Crippen molar-refractivity contribution in [3.63, 3.8) is 0 Å². The molecule has 1 amide bonds. The van der Waals surface area contributed by atoms with Gasteiger partial charge in [0.25, 0.3) is 10.0 Å². The first-order valence-corrected chi connectivity index (χ1v) is 11.2. The van der Waals surface area contributed by atoms with Crippen molar-refractivity contribution in [2.24, 2.45) is 0 Å². The van der Waals surface area contributed by atoms with E-state index in [9.17, 15) is 13.2 Å². The summed E-state index contributed by atoms with van der Waals surface area (Å²) in [5, 5.41) is 0.972. The van der Waals surface area contributed by atoms with Gasteiger partial charge in [-0.1, -0.05) is 66.2 Å². The lowest BCUT2D eigenvalue weighted by atomic mass is 9.95. The number of fused-ring (bicyclic) bond motifs is 1. The number of nitrogens with one attached hydrogen (secondary N) is 2. The molecule has 5 nitrogen and oxygen atoms in total. The van der Waals surface area contributed by atoms with Crippen molar-refractivity contribution in [2.45, 2.75) is 24.2 Å². The van der Waals surface area contributed by atoms with E-state index in [1.165, 1.54) is 12.1 Å². The fourth-order valence-electron chi connectivity index (χ4n) is 3.46. The minimum atomic E-state index is -3.97. The highest BCUT2D eigenvalue weighted by Gasteiger charge is 2.27. The van der Waals surface area contributed by atoms with Crippen LogP contribution in [0.3, 0.4) is 0 Å². The molecule has 0 spiro atoms. The number of carbonyl (C=O) groups excluding carboxylic acids is 1. The van der Waals surface area contributed by atoms with Gasteiger partial charge in [0.2, 0.25) is 5.91 Å². The topological polar surface area (TPSA) is 79.0 Å². The van der Waals surface area contributed by atoms with Crippen molar-refractivity contribution in [3.8, 4) is 0 Å². The van der Waals surface area contributed by atoms with Crippen molar-refractivity contribution in [1.82, 2.24) is 9.71 Å². The third-order valence-corrected chi connectivity index (χ3v) is 6.45. The van der Waals surface area contributed by atoms with E-state index >= 15 is 0 Å². The summed E-state index contributed by atoms with van der Waals surface area (Å²) in [5.41, 5.74) is 3.47. The summed E-state index contributed by atoms with van der Waals surface area (Å²) in [7, 11) is -3.97. The molecule has 0 saturated carbocycles. The zero-order chi connectivity index (χ0) is 21.1. The summed E-state index contributed by atoms with van der Waals surface area (Å²) < 4.78 is 27.8. The van der Waals surface area contributed by atoms with E-state index in [1.54, 1.807) is 12.1 Å². The number of hydrogen-bond donors (Lipinski definition) is 2. The summed E-state index contributed by atoms with van der Waals surface area (Å²) in [6, 6.07) is 25.6. The van der Waals surface area contributed by atoms with Crippen LogP contribution in [-0.4, -0.2) is 19.3 Å². The molecule has 0 aliphatic heterocycles. The van der Waals surface area contributed by atoms with E-state index < -0.39 is 21.8 Å². The van der Waals surface area contributed by atoms with Crippen LogP contribution in [0, 0.1) is 6.92 Å². The first kappa shape index (κ1) is 19.9. The largest absolute Gasteiger partial charge is 0.358 e. The molecule has 0 radical (unpaired) electrons. The molecule has 152 valence electrons. The number of rotatable bonds is 6. The summed E-state index contributed by atoms with van der Waals surface area (Å²) >= 11 is 0. The van der Waals surface area contributed by atoms with Crippen LogP contribution in [0.5, 0.6) is 0 Å². The third kappa shape index (κ3) is 4.28. The van der Waals surface area contributed by atoms with Crippen LogP contribution in [0.15, 0.2) is 89.8 Å². The summed E-state index contributed by atoms with van der Waals surface area (Å²) in [6.07, 6.45) is 0.378. The molecule has 6 heteroatoms. The van der Waals surface area contributed by atoms with E-state index in [0.29, 0.717) is 12.1 Å². The Morgan fingerprint density at radius 1 is 0.933 bits per heavy atom. The van der Waals surface area contributed by atoms with Gasteiger partial charge in [-0.3, -0.25) is 4.79 Å². The Morgan fingerprint density at radius 3 is 2.30 bits per heavy atom. The van der Waals surface area contributed by atoms with Gasteiger partial charge in [-0.05, 0) is 48.6 Å². The summed E-state index contributed by atoms with van der Waals surface area (Å²) in [5.74, 6) is -1.24. The summed E-state index contributed by atoms with van der Waals surface area (Å²) in [6.45, 7) is 1.88. The van der Waals surface area contributed by atoms with Crippen LogP contribution < -0.4 is 4.72 Å². The number of benzene rings is 3. The molecule has 0 aliphatic rings. The van der Waals surface area contributed by atoms with Gasteiger partial charge in [-0.2, -0.15) is 0 Å². The Balaban J connectivity index is 1.67. The molecule has 3 aromatic carbocycles. The van der Waals surface area contributed by atoms with Crippen LogP contribution in [-0.2, 0) is 21.2 Å². The maximum atomic E-state index is 13.2. The minimum Gasteiger partial charge on any atom is -0.358 e. The number of sulfonamides is 1. The van der Waals surface area contributed by atoms with Crippen LogP contribution >= 0.6 is 0 Å². The average molecular weight is 419 g/mol. The van der Waals surface area contributed by atoms with E-state index in [2.05, 4.69) is 9.71 Å². The number of aromatic amines is 1. The molecule has 0 aliphatic carbocycles. The lowest BCUT2D eigenvalue weighted by Crippen LogP contribution is -2.35. The van der Waals surface area contributed by atoms with E-state index in [1.807, 2.05) is 67.6 Å². The number of aromatic nitrogens is 1. The third-order valence-electron chi connectivity index (χ3n) is 5.09. The Kier molecular flexibility index (Phi) is 5.42. The van der Waals surface area contributed by atoms with Crippen LogP contribution in [0.4, 0.5) is 0 Å². The highest BCUT2D eigenvalue weighted by atomic mass is 32.2. The number of hydrogen-bond acceptors (Lipinski definition) is 3.